The molecule has 3 heteroatoms. The predicted molar refractivity (Wildman–Crippen MR) is 49.0 cm³/mol. The first kappa shape index (κ1) is 8.10. The smallest absolute Gasteiger partial charge is 0.128 e. The summed E-state index contributed by atoms with van der Waals surface area (Å²) in [7, 11) is 0. The van der Waals surface area contributed by atoms with Crippen LogP contribution in [-0.2, 0) is 0 Å². The van der Waals surface area contributed by atoms with Crippen molar-refractivity contribution >= 4 is 10.9 Å². The largest absolute Gasteiger partial charge is 0.241 e. The van der Waals surface area contributed by atoms with E-state index in [1.54, 1.807) is 26.1 Å². The van der Waals surface area contributed by atoms with Crippen LogP contribution in [0.15, 0.2) is 18.3 Å². The van der Waals surface area contributed by atoms with Crippen LogP contribution in [0, 0.1) is 19.7 Å². The second-order valence-corrected chi connectivity index (χ2v) is 3.08. The number of benzene rings is 1. The zero-order chi connectivity index (χ0) is 9.42. The molecule has 0 fully saturated rings. The highest BCUT2D eigenvalue weighted by atomic mass is 19.1. The van der Waals surface area contributed by atoms with Gasteiger partial charge < -0.3 is 0 Å². The van der Waals surface area contributed by atoms with E-state index in [0.717, 1.165) is 5.39 Å². The monoisotopic (exact) mass is 176 g/mol. The van der Waals surface area contributed by atoms with Crippen LogP contribution in [0.1, 0.15) is 11.4 Å². The van der Waals surface area contributed by atoms with Crippen molar-refractivity contribution in [2.75, 3.05) is 0 Å². The Morgan fingerprint density at radius 1 is 1.23 bits per heavy atom. The van der Waals surface area contributed by atoms with Crippen LogP contribution in [0.3, 0.4) is 0 Å². The molecular weight excluding hydrogens is 167 g/mol. The number of hydrogen-bond donors (Lipinski definition) is 0. The van der Waals surface area contributed by atoms with E-state index in [4.69, 9.17) is 0 Å². The van der Waals surface area contributed by atoms with Gasteiger partial charge in [0.2, 0.25) is 0 Å². The van der Waals surface area contributed by atoms with Crippen molar-refractivity contribution in [3.63, 3.8) is 0 Å². The quantitative estimate of drug-likeness (QED) is 0.616. The maximum atomic E-state index is 13.1. The molecule has 1 heterocycles. The minimum absolute atomic E-state index is 0.217. The highest BCUT2D eigenvalue weighted by Gasteiger charge is 2.01. The number of hydrogen-bond acceptors (Lipinski definition) is 2. The van der Waals surface area contributed by atoms with Gasteiger partial charge in [0, 0.05) is 17.6 Å². The second-order valence-electron chi connectivity index (χ2n) is 3.08. The van der Waals surface area contributed by atoms with Crippen LogP contribution < -0.4 is 0 Å². The molecule has 0 aliphatic carbocycles. The van der Waals surface area contributed by atoms with Gasteiger partial charge in [-0.25, -0.2) is 14.4 Å². The predicted octanol–water partition coefficient (Wildman–Crippen LogP) is 2.39. The van der Waals surface area contributed by atoms with E-state index in [0.29, 0.717) is 16.9 Å². The van der Waals surface area contributed by atoms with Gasteiger partial charge in [-0.05, 0) is 25.5 Å². The van der Waals surface area contributed by atoms with Crippen molar-refractivity contribution in [1.29, 1.82) is 0 Å². The lowest BCUT2D eigenvalue weighted by Crippen LogP contribution is -1.90. The molecule has 13 heavy (non-hydrogen) atoms. The Bertz CT molecular complexity index is 466. The minimum Gasteiger partial charge on any atom is -0.241 e. The Balaban J connectivity index is 2.81. The number of aromatic nitrogens is 2. The molecular formula is C10H9FN2. The average Bonchev–Trinajstić information content (AvgIpc) is 2.08. The lowest BCUT2D eigenvalue weighted by Gasteiger charge is -2.00. The third kappa shape index (κ3) is 1.37. The van der Waals surface area contributed by atoms with Gasteiger partial charge in [-0.15, -0.1) is 0 Å². The van der Waals surface area contributed by atoms with E-state index in [1.807, 2.05) is 0 Å². The molecule has 0 amide bonds. The molecule has 0 spiro atoms. The lowest BCUT2D eigenvalue weighted by atomic mass is 10.1. The summed E-state index contributed by atoms with van der Waals surface area (Å²) < 4.78 is 13.1. The van der Waals surface area contributed by atoms with Crippen LogP contribution in [0.25, 0.3) is 10.9 Å². The van der Waals surface area contributed by atoms with Gasteiger partial charge in [0.25, 0.3) is 0 Å². The van der Waals surface area contributed by atoms with Gasteiger partial charge in [-0.2, -0.15) is 0 Å². The van der Waals surface area contributed by atoms with E-state index in [-0.39, 0.29) is 5.82 Å². The van der Waals surface area contributed by atoms with Crippen molar-refractivity contribution in [3.8, 4) is 0 Å². The molecule has 1 aromatic heterocycles. The number of nitrogens with zero attached hydrogens (tertiary/aromatic N) is 2. The van der Waals surface area contributed by atoms with E-state index >= 15 is 0 Å². The van der Waals surface area contributed by atoms with Crippen molar-refractivity contribution in [2.45, 2.75) is 13.8 Å². The van der Waals surface area contributed by atoms with Gasteiger partial charge in [0.05, 0.1) is 5.52 Å². The third-order valence-corrected chi connectivity index (χ3v) is 1.98. The molecule has 2 aromatic rings. The summed E-state index contributed by atoms with van der Waals surface area (Å²) in [5.41, 5.74) is 1.29. The van der Waals surface area contributed by atoms with E-state index < -0.39 is 0 Å². The molecule has 0 N–H and O–H groups in total. The fourth-order valence-corrected chi connectivity index (χ4v) is 1.26. The summed E-state index contributed by atoms with van der Waals surface area (Å²) in [6.45, 7) is 3.52. The van der Waals surface area contributed by atoms with Crippen LogP contribution in [0.5, 0.6) is 0 Å². The maximum absolute atomic E-state index is 13.1. The van der Waals surface area contributed by atoms with Gasteiger partial charge in [-0.3, -0.25) is 0 Å². The van der Waals surface area contributed by atoms with Crippen LogP contribution >= 0.6 is 0 Å². The Hall–Kier alpha value is -1.51. The molecule has 0 saturated carbocycles. The van der Waals surface area contributed by atoms with Crippen molar-refractivity contribution in [1.82, 2.24) is 9.97 Å². The summed E-state index contributed by atoms with van der Waals surface area (Å²) in [5, 5.41) is 0.879. The molecule has 66 valence electrons. The molecule has 0 aliphatic heterocycles. The standard InChI is InChI=1S/C10H9FN2/c1-6-3-8-5-12-7(2)13-10(8)4-9(6)11/h3-5H,1-2H3. The summed E-state index contributed by atoms with van der Waals surface area (Å²) in [5.74, 6) is 0.446. The Kier molecular flexibility index (Phi) is 1.72. The Morgan fingerprint density at radius 2 is 2.00 bits per heavy atom. The topological polar surface area (TPSA) is 25.8 Å². The van der Waals surface area contributed by atoms with Crippen LogP contribution in [0.4, 0.5) is 4.39 Å². The molecule has 0 radical (unpaired) electrons. The summed E-state index contributed by atoms with van der Waals surface area (Å²) in [6.07, 6.45) is 1.71. The summed E-state index contributed by atoms with van der Waals surface area (Å²) >= 11 is 0. The van der Waals surface area contributed by atoms with Gasteiger partial charge in [0.1, 0.15) is 11.6 Å². The molecule has 0 saturated heterocycles. The molecule has 0 unspecified atom stereocenters. The van der Waals surface area contributed by atoms with Crippen molar-refractivity contribution in [3.05, 3.63) is 35.5 Å². The first-order valence-electron chi connectivity index (χ1n) is 4.06. The first-order chi connectivity index (χ1) is 6.16. The fraction of sp³-hybridized carbons (Fsp3) is 0.200. The highest BCUT2D eigenvalue weighted by Crippen LogP contribution is 2.15. The van der Waals surface area contributed by atoms with E-state index in [9.17, 15) is 4.39 Å². The fourth-order valence-electron chi connectivity index (χ4n) is 1.26. The number of halogens is 1. The zero-order valence-corrected chi connectivity index (χ0v) is 7.50. The molecule has 1 aromatic carbocycles. The van der Waals surface area contributed by atoms with E-state index in [1.165, 1.54) is 6.07 Å². The molecule has 2 nitrogen and oxygen atoms in total. The zero-order valence-electron chi connectivity index (χ0n) is 7.50. The maximum Gasteiger partial charge on any atom is 0.128 e. The summed E-state index contributed by atoms with van der Waals surface area (Å²) in [6, 6.07) is 3.20. The number of rotatable bonds is 0. The first-order valence-corrected chi connectivity index (χ1v) is 4.06. The second kappa shape index (κ2) is 2.76. The molecule has 0 aliphatic rings. The minimum atomic E-state index is -0.217. The Morgan fingerprint density at radius 3 is 2.77 bits per heavy atom. The van der Waals surface area contributed by atoms with Crippen molar-refractivity contribution < 1.29 is 4.39 Å². The lowest BCUT2D eigenvalue weighted by molar-refractivity contribution is 0.620. The Labute approximate surface area is 75.4 Å². The summed E-state index contributed by atoms with van der Waals surface area (Å²) in [4.78, 5) is 8.17. The number of fused-ring (bicyclic) bond motifs is 1. The highest BCUT2D eigenvalue weighted by molar-refractivity contribution is 5.78. The third-order valence-electron chi connectivity index (χ3n) is 1.98. The van der Waals surface area contributed by atoms with Crippen LogP contribution in [0.2, 0.25) is 0 Å². The molecule has 2 rings (SSSR count). The average molecular weight is 176 g/mol. The molecule has 0 atom stereocenters. The van der Waals surface area contributed by atoms with Crippen molar-refractivity contribution in [2.24, 2.45) is 0 Å². The van der Waals surface area contributed by atoms with Gasteiger partial charge in [0.15, 0.2) is 0 Å². The SMILES string of the molecule is Cc1ncc2cc(C)c(F)cc2n1. The molecule has 0 bridgehead atoms. The normalized spacial score (nSPS) is 10.7. The van der Waals surface area contributed by atoms with Gasteiger partial charge >= 0.3 is 0 Å². The van der Waals surface area contributed by atoms with E-state index in [2.05, 4.69) is 9.97 Å². The number of aryl methyl sites for hydroxylation is 2. The van der Waals surface area contributed by atoms with Gasteiger partial charge in [-0.1, -0.05) is 0 Å². The van der Waals surface area contributed by atoms with Crippen LogP contribution in [-0.4, -0.2) is 9.97 Å².